The van der Waals surface area contributed by atoms with Crippen molar-refractivity contribution in [2.24, 2.45) is 0 Å². The topological polar surface area (TPSA) is 26.3 Å². The van der Waals surface area contributed by atoms with Gasteiger partial charge in [-0.2, -0.15) is 0 Å². The summed E-state index contributed by atoms with van der Waals surface area (Å²) in [6.45, 7) is 0. The van der Waals surface area contributed by atoms with Crippen LogP contribution in [0.25, 0.3) is 0 Å². The minimum Gasteiger partial charge on any atom is -0.368 e. The van der Waals surface area contributed by atoms with Crippen LogP contribution in [-0.2, 0) is 9.53 Å². The van der Waals surface area contributed by atoms with Crippen LogP contribution in [-0.4, -0.2) is 13.4 Å². The summed E-state index contributed by atoms with van der Waals surface area (Å²) in [6.07, 6.45) is 1.04. The maximum atomic E-state index is 10.4. The van der Waals surface area contributed by atoms with Gasteiger partial charge in [0.1, 0.15) is 6.10 Å². The third-order valence-corrected chi connectivity index (χ3v) is 2.33. The highest BCUT2D eigenvalue weighted by molar-refractivity contribution is 6.42. The minimum absolute atomic E-state index is 0.400. The zero-order valence-corrected chi connectivity index (χ0v) is 8.39. The fraction of sp³-hybridized carbons (Fsp3) is 0.222. The van der Waals surface area contributed by atoms with Crippen LogP contribution >= 0.6 is 23.2 Å². The molecular formula is C9H7Cl2O2. The van der Waals surface area contributed by atoms with E-state index in [1.807, 2.05) is 0 Å². The van der Waals surface area contributed by atoms with Crippen molar-refractivity contribution in [3.63, 3.8) is 0 Å². The van der Waals surface area contributed by atoms with E-state index in [0.717, 1.165) is 0 Å². The van der Waals surface area contributed by atoms with Gasteiger partial charge in [-0.25, -0.2) is 0 Å². The Balaban J connectivity index is 3.01. The highest BCUT2D eigenvalue weighted by atomic mass is 35.5. The van der Waals surface area contributed by atoms with E-state index in [1.165, 1.54) is 7.11 Å². The van der Waals surface area contributed by atoms with Gasteiger partial charge in [-0.3, -0.25) is 4.79 Å². The first-order chi connectivity index (χ1) is 6.19. The summed E-state index contributed by atoms with van der Waals surface area (Å²) in [5.74, 6) is 0. The lowest BCUT2D eigenvalue weighted by Gasteiger charge is -2.07. The van der Waals surface area contributed by atoms with Gasteiger partial charge in [0, 0.05) is 7.11 Å². The maximum Gasteiger partial charge on any atom is 0.234 e. The molecule has 0 aliphatic rings. The molecular weight excluding hydrogens is 211 g/mol. The SMILES string of the molecule is COC([C]=O)c1ccc(Cl)c(Cl)c1. The molecule has 0 amide bonds. The molecule has 0 N–H and O–H groups in total. The number of rotatable bonds is 3. The van der Waals surface area contributed by atoms with Gasteiger partial charge in [0.15, 0.2) is 0 Å². The Morgan fingerprint density at radius 2 is 2.08 bits per heavy atom. The number of halogens is 2. The van der Waals surface area contributed by atoms with Gasteiger partial charge in [0.25, 0.3) is 0 Å². The molecule has 0 saturated heterocycles. The van der Waals surface area contributed by atoms with Gasteiger partial charge >= 0.3 is 0 Å². The van der Waals surface area contributed by atoms with E-state index < -0.39 is 6.10 Å². The van der Waals surface area contributed by atoms with Crippen LogP contribution in [0, 0.1) is 0 Å². The van der Waals surface area contributed by atoms with Crippen LogP contribution in [0.3, 0.4) is 0 Å². The fourth-order valence-electron chi connectivity index (χ4n) is 0.928. The Labute approximate surface area is 86.4 Å². The molecule has 0 aliphatic carbocycles. The summed E-state index contributed by atoms with van der Waals surface area (Å²) in [6, 6.07) is 4.87. The lowest BCUT2D eigenvalue weighted by Crippen LogP contribution is -2.01. The Hall–Kier alpha value is -0.570. The summed E-state index contributed by atoms with van der Waals surface area (Å²) >= 11 is 11.5. The van der Waals surface area contributed by atoms with Crippen molar-refractivity contribution in [2.45, 2.75) is 6.10 Å². The molecule has 1 atom stereocenters. The molecule has 0 spiro atoms. The second-order valence-electron chi connectivity index (χ2n) is 2.41. The highest BCUT2D eigenvalue weighted by Crippen LogP contribution is 2.25. The number of benzene rings is 1. The van der Waals surface area contributed by atoms with E-state index in [0.29, 0.717) is 15.6 Å². The van der Waals surface area contributed by atoms with Crippen LogP contribution in [0.1, 0.15) is 11.7 Å². The second kappa shape index (κ2) is 4.61. The van der Waals surface area contributed by atoms with Gasteiger partial charge in [-0.1, -0.05) is 29.3 Å². The minimum atomic E-state index is -0.699. The quantitative estimate of drug-likeness (QED) is 0.779. The zero-order valence-electron chi connectivity index (χ0n) is 6.88. The van der Waals surface area contributed by atoms with E-state index in [9.17, 15) is 4.79 Å². The first-order valence-corrected chi connectivity index (χ1v) is 4.30. The van der Waals surface area contributed by atoms with E-state index >= 15 is 0 Å². The van der Waals surface area contributed by atoms with Gasteiger partial charge in [-0.15, -0.1) is 0 Å². The van der Waals surface area contributed by atoms with E-state index in [4.69, 9.17) is 27.9 Å². The Bertz CT molecular complexity index is 312. The Morgan fingerprint density at radius 1 is 1.38 bits per heavy atom. The number of hydrogen-bond donors (Lipinski definition) is 0. The van der Waals surface area contributed by atoms with Crippen molar-refractivity contribution in [1.29, 1.82) is 0 Å². The van der Waals surface area contributed by atoms with Crippen LogP contribution in [0.15, 0.2) is 18.2 Å². The smallest absolute Gasteiger partial charge is 0.234 e. The summed E-state index contributed by atoms with van der Waals surface area (Å²) in [5, 5.41) is 0.850. The molecule has 0 aromatic heterocycles. The predicted molar refractivity (Wildman–Crippen MR) is 51.9 cm³/mol. The predicted octanol–water partition coefficient (Wildman–Crippen LogP) is 2.79. The van der Waals surface area contributed by atoms with Crippen molar-refractivity contribution >= 4 is 29.5 Å². The first kappa shape index (κ1) is 10.5. The largest absolute Gasteiger partial charge is 0.368 e. The first-order valence-electron chi connectivity index (χ1n) is 3.54. The van der Waals surface area contributed by atoms with E-state index in [2.05, 4.69) is 0 Å². The highest BCUT2D eigenvalue weighted by Gasteiger charge is 2.11. The van der Waals surface area contributed by atoms with E-state index in [1.54, 1.807) is 24.5 Å². The number of carbonyl (C=O) groups excluding carboxylic acids is 1. The molecule has 0 heterocycles. The third-order valence-electron chi connectivity index (χ3n) is 1.59. The van der Waals surface area contributed by atoms with E-state index in [-0.39, 0.29) is 0 Å². The summed E-state index contributed by atoms with van der Waals surface area (Å²) in [5.41, 5.74) is 0.645. The lowest BCUT2D eigenvalue weighted by atomic mass is 10.1. The summed E-state index contributed by atoms with van der Waals surface area (Å²) in [7, 11) is 1.43. The average Bonchev–Trinajstić information content (AvgIpc) is 2.13. The van der Waals surface area contributed by atoms with Crippen molar-refractivity contribution in [2.75, 3.05) is 7.11 Å². The molecule has 1 radical (unpaired) electrons. The molecule has 13 heavy (non-hydrogen) atoms. The van der Waals surface area contributed by atoms with Gasteiger partial charge < -0.3 is 4.74 Å². The average molecular weight is 218 g/mol. The maximum absolute atomic E-state index is 10.4. The molecule has 4 heteroatoms. The number of hydrogen-bond acceptors (Lipinski definition) is 2. The lowest BCUT2D eigenvalue weighted by molar-refractivity contribution is 0.154. The number of methoxy groups -OCH3 is 1. The molecule has 0 saturated carbocycles. The van der Waals surface area contributed by atoms with Crippen LogP contribution in [0.5, 0.6) is 0 Å². The van der Waals surface area contributed by atoms with Crippen molar-refractivity contribution in [3.05, 3.63) is 33.8 Å². The monoisotopic (exact) mass is 217 g/mol. The fourth-order valence-corrected chi connectivity index (χ4v) is 1.23. The zero-order chi connectivity index (χ0) is 9.84. The van der Waals surface area contributed by atoms with Crippen LogP contribution < -0.4 is 0 Å². The summed E-state index contributed by atoms with van der Waals surface area (Å²) < 4.78 is 4.86. The molecule has 2 nitrogen and oxygen atoms in total. The van der Waals surface area contributed by atoms with Crippen molar-refractivity contribution in [1.82, 2.24) is 0 Å². The molecule has 1 aromatic rings. The van der Waals surface area contributed by atoms with Gasteiger partial charge in [-0.05, 0) is 17.7 Å². The standard InChI is InChI=1S/C9H7Cl2O2/c1-13-9(5-12)6-2-3-7(10)8(11)4-6/h2-4,9H,1H3. The molecule has 1 aromatic carbocycles. The molecule has 69 valence electrons. The van der Waals surface area contributed by atoms with Crippen LogP contribution in [0.4, 0.5) is 0 Å². The molecule has 1 unspecified atom stereocenters. The third kappa shape index (κ3) is 2.44. The van der Waals surface area contributed by atoms with Gasteiger partial charge in [0.2, 0.25) is 6.29 Å². The number of ether oxygens (including phenoxy) is 1. The van der Waals surface area contributed by atoms with Crippen molar-refractivity contribution < 1.29 is 9.53 Å². The van der Waals surface area contributed by atoms with Crippen molar-refractivity contribution in [3.8, 4) is 0 Å². The summed E-state index contributed by atoms with van der Waals surface area (Å²) in [4.78, 5) is 10.4. The molecule has 0 fully saturated rings. The Morgan fingerprint density at radius 3 is 2.54 bits per heavy atom. The second-order valence-corrected chi connectivity index (χ2v) is 3.22. The molecule has 0 aliphatic heterocycles. The van der Waals surface area contributed by atoms with Crippen LogP contribution in [0.2, 0.25) is 10.0 Å². The van der Waals surface area contributed by atoms with Gasteiger partial charge in [0.05, 0.1) is 10.0 Å². The molecule has 0 bridgehead atoms. The molecule has 1 rings (SSSR count). The normalized spacial score (nSPS) is 12.5. The Kier molecular flexibility index (Phi) is 3.72.